The van der Waals surface area contributed by atoms with Crippen molar-refractivity contribution in [2.75, 3.05) is 6.54 Å². The quantitative estimate of drug-likeness (QED) is 0.760. The van der Waals surface area contributed by atoms with Crippen LogP contribution in [0, 0.1) is 0 Å². The largest absolute Gasteiger partial charge is 0.392 e. The van der Waals surface area contributed by atoms with Crippen molar-refractivity contribution in [3.63, 3.8) is 0 Å². The SMILES string of the molecule is CC(C(N)=S)S(=O)(=O)NCCc1ccc(Br)s1. The molecule has 0 radical (unpaired) electrons. The minimum atomic E-state index is -3.45. The molecule has 96 valence electrons. The molecule has 0 saturated heterocycles. The molecule has 0 bridgehead atoms. The van der Waals surface area contributed by atoms with Crippen LogP contribution in [0.2, 0.25) is 0 Å². The van der Waals surface area contributed by atoms with Gasteiger partial charge in [-0.05, 0) is 41.4 Å². The first-order valence-electron chi connectivity index (χ1n) is 4.85. The molecule has 0 aromatic carbocycles. The number of hydrogen-bond acceptors (Lipinski definition) is 4. The minimum Gasteiger partial charge on any atom is -0.392 e. The standard InChI is InChI=1S/C9H13BrN2O2S3/c1-6(9(11)15)17(13,14)12-5-4-7-2-3-8(10)16-7/h2-3,6,12H,4-5H2,1H3,(H2,11,15). The van der Waals surface area contributed by atoms with Gasteiger partial charge in [0.2, 0.25) is 10.0 Å². The van der Waals surface area contributed by atoms with E-state index < -0.39 is 15.3 Å². The van der Waals surface area contributed by atoms with Gasteiger partial charge in [0.15, 0.2) is 0 Å². The topological polar surface area (TPSA) is 72.2 Å². The van der Waals surface area contributed by atoms with Crippen molar-refractivity contribution in [3.8, 4) is 0 Å². The second-order valence-corrected chi connectivity index (χ2v) is 8.54. The summed E-state index contributed by atoms with van der Waals surface area (Å²) in [5.74, 6) is 0. The van der Waals surface area contributed by atoms with Gasteiger partial charge < -0.3 is 5.73 Å². The molecule has 1 atom stereocenters. The van der Waals surface area contributed by atoms with Crippen LogP contribution in [-0.4, -0.2) is 25.2 Å². The molecule has 3 N–H and O–H groups in total. The van der Waals surface area contributed by atoms with E-state index >= 15 is 0 Å². The molecular weight excluding hydrogens is 344 g/mol. The fourth-order valence-electron chi connectivity index (χ4n) is 1.08. The molecule has 17 heavy (non-hydrogen) atoms. The molecule has 0 spiro atoms. The molecule has 1 aromatic heterocycles. The average Bonchev–Trinajstić information content (AvgIpc) is 2.62. The number of thiophene rings is 1. The first-order chi connectivity index (χ1) is 7.83. The lowest BCUT2D eigenvalue weighted by atomic mass is 10.3. The Hall–Kier alpha value is -0.0200. The Balaban J connectivity index is 2.48. The van der Waals surface area contributed by atoms with Gasteiger partial charge in [-0.3, -0.25) is 0 Å². The van der Waals surface area contributed by atoms with Crippen LogP contribution in [-0.2, 0) is 16.4 Å². The van der Waals surface area contributed by atoms with Gasteiger partial charge >= 0.3 is 0 Å². The van der Waals surface area contributed by atoms with E-state index in [-0.39, 0.29) is 4.99 Å². The highest BCUT2D eigenvalue weighted by atomic mass is 79.9. The first-order valence-corrected chi connectivity index (χ1v) is 8.41. The molecule has 4 nitrogen and oxygen atoms in total. The third kappa shape index (κ3) is 4.63. The summed E-state index contributed by atoms with van der Waals surface area (Å²) in [4.78, 5) is 1.10. The van der Waals surface area contributed by atoms with E-state index in [4.69, 9.17) is 5.73 Å². The molecule has 0 aliphatic rings. The maximum Gasteiger partial charge on any atom is 0.220 e. The van der Waals surface area contributed by atoms with E-state index in [1.165, 1.54) is 6.92 Å². The summed E-state index contributed by atoms with van der Waals surface area (Å²) >= 11 is 9.60. The maximum absolute atomic E-state index is 11.7. The van der Waals surface area contributed by atoms with Gasteiger partial charge in [0, 0.05) is 11.4 Å². The van der Waals surface area contributed by atoms with Crippen LogP contribution in [0.5, 0.6) is 0 Å². The predicted molar refractivity (Wildman–Crippen MR) is 78.9 cm³/mol. The van der Waals surface area contributed by atoms with Crippen molar-refractivity contribution in [2.24, 2.45) is 5.73 Å². The fourth-order valence-corrected chi connectivity index (χ4v) is 3.89. The summed E-state index contributed by atoms with van der Waals surface area (Å²) in [6.45, 7) is 1.83. The van der Waals surface area contributed by atoms with Gasteiger partial charge in [-0.1, -0.05) is 12.2 Å². The third-order valence-electron chi connectivity index (χ3n) is 2.17. The van der Waals surface area contributed by atoms with Crippen molar-refractivity contribution in [2.45, 2.75) is 18.6 Å². The highest BCUT2D eigenvalue weighted by Crippen LogP contribution is 2.22. The Kier molecular flexibility index (Phi) is 5.52. The molecule has 0 saturated carbocycles. The summed E-state index contributed by atoms with van der Waals surface area (Å²) in [6, 6.07) is 3.90. The van der Waals surface area contributed by atoms with Crippen LogP contribution in [0.3, 0.4) is 0 Å². The van der Waals surface area contributed by atoms with E-state index in [9.17, 15) is 8.42 Å². The summed E-state index contributed by atoms with van der Waals surface area (Å²) in [5, 5.41) is -0.840. The van der Waals surface area contributed by atoms with Gasteiger partial charge in [-0.25, -0.2) is 13.1 Å². The summed E-state index contributed by atoms with van der Waals surface area (Å²) < 4.78 is 26.9. The number of halogens is 1. The van der Waals surface area contributed by atoms with E-state index in [0.29, 0.717) is 13.0 Å². The zero-order chi connectivity index (χ0) is 13.1. The lowest BCUT2D eigenvalue weighted by molar-refractivity contribution is 0.579. The molecule has 1 unspecified atom stereocenters. The monoisotopic (exact) mass is 356 g/mol. The lowest BCUT2D eigenvalue weighted by Crippen LogP contribution is -2.40. The number of nitrogens with two attached hydrogens (primary N) is 1. The molecule has 8 heteroatoms. The van der Waals surface area contributed by atoms with Gasteiger partial charge in [0.25, 0.3) is 0 Å². The molecule has 1 heterocycles. The maximum atomic E-state index is 11.7. The van der Waals surface area contributed by atoms with Crippen molar-refractivity contribution in [1.29, 1.82) is 0 Å². The average molecular weight is 357 g/mol. The molecule has 1 aromatic rings. The highest BCUT2D eigenvalue weighted by molar-refractivity contribution is 9.11. The van der Waals surface area contributed by atoms with E-state index in [1.807, 2.05) is 12.1 Å². The van der Waals surface area contributed by atoms with Crippen molar-refractivity contribution >= 4 is 54.5 Å². The van der Waals surface area contributed by atoms with Gasteiger partial charge in [0.05, 0.1) is 8.77 Å². The van der Waals surface area contributed by atoms with Gasteiger partial charge in [0.1, 0.15) is 5.25 Å². The zero-order valence-electron chi connectivity index (χ0n) is 9.14. The van der Waals surface area contributed by atoms with Crippen LogP contribution >= 0.6 is 39.5 Å². The van der Waals surface area contributed by atoms with Crippen LogP contribution in [0.15, 0.2) is 15.9 Å². The second kappa shape index (κ2) is 6.24. The van der Waals surface area contributed by atoms with Gasteiger partial charge in [-0.15, -0.1) is 11.3 Å². The van der Waals surface area contributed by atoms with E-state index in [2.05, 4.69) is 32.9 Å². The van der Waals surface area contributed by atoms with Crippen molar-refractivity contribution < 1.29 is 8.42 Å². The summed E-state index contributed by atoms with van der Waals surface area (Å²) in [6.07, 6.45) is 0.652. The Labute approximate surface area is 119 Å². The second-order valence-electron chi connectivity index (χ2n) is 3.44. The van der Waals surface area contributed by atoms with Crippen molar-refractivity contribution in [1.82, 2.24) is 4.72 Å². The van der Waals surface area contributed by atoms with Crippen LogP contribution in [0.4, 0.5) is 0 Å². The molecule has 0 amide bonds. The molecule has 1 rings (SSSR count). The Morgan fingerprint density at radius 3 is 2.76 bits per heavy atom. The van der Waals surface area contributed by atoms with E-state index in [0.717, 1.165) is 8.66 Å². The van der Waals surface area contributed by atoms with Crippen LogP contribution < -0.4 is 10.5 Å². The summed E-state index contributed by atoms with van der Waals surface area (Å²) in [5.41, 5.74) is 5.32. The molecular formula is C9H13BrN2O2S3. The highest BCUT2D eigenvalue weighted by Gasteiger charge is 2.22. The number of sulfonamides is 1. The van der Waals surface area contributed by atoms with E-state index in [1.54, 1.807) is 11.3 Å². The van der Waals surface area contributed by atoms with Crippen LogP contribution in [0.1, 0.15) is 11.8 Å². The summed E-state index contributed by atoms with van der Waals surface area (Å²) in [7, 11) is -3.45. The first kappa shape index (κ1) is 15.0. The normalized spacial score (nSPS) is 13.5. The van der Waals surface area contributed by atoms with Crippen LogP contribution in [0.25, 0.3) is 0 Å². The third-order valence-corrected chi connectivity index (χ3v) is 6.15. The molecule has 0 aliphatic carbocycles. The number of nitrogens with one attached hydrogen (secondary N) is 1. The number of thiocarbonyl (C=S) groups is 1. The zero-order valence-corrected chi connectivity index (χ0v) is 13.2. The molecule has 0 fully saturated rings. The Morgan fingerprint density at radius 2 is 2.29 bits per heavy atom. The lowest BCUT2D eigenvalue weighted by Gasteiger charge is -2.11. The number of hydrogen-bond donors (Lipinski definition) is 2. The van der Waals surface area contributed by atoms with Gasteiger partial charge in [-0.2, -0.15) is 0 Å². The van der Waals surface area contributed by atoms with Crippen molar-refractivity contribution in [3.05, 3.63) is 20.8 Å². The predicted octanol–water partition coefficient (Wildman–Crippen LogP) is 1.65. The minimum absolute atomic E-state index is 0.0173. The smallest absolute Gasteiger partial charge is 0.220 e. The number of rotatable bonds is 6. The molecule has 0 aliphatic heterocycles. The Bertz CT molecular complexity index is 498. The fraction of sp³-hybridized carbons (Fsp3) is 0.444. The Morgan fingerprint density at radius 1 is 1.65 bits per heavy atom.